The molecule has 1 saturated heterocycles. The lowest BCUT2D eigenvalue weighted by Crippen LogP contribution is -2.46. The number of carbonyl (C=O) groups is 1. The van der Waals surface area contributed by atoms with Gasteiger partial charge in [-0.25, -0.2) is 0 Å². The number of hydrogen-bond donors (Lipinski definition) is 0. The van der Waals surface area contributed by atoms with E-state index in [1.165, 1.54) is 5.69 Å². The summed E-state index contributed by atoms with van der Waals surface area (Å²) in [5.41, 5.74) is 1.86. The van der Waals surface area contributed by atoms with Crippen LogP contribution in [0, 0.1) is 0 Å². The number of ether oxygens (including phenoxy) is 2. The summed E-state index contributed by atoms with van der Waals surface area (Å²) in [6.07, 6.45) is 1.32. The minimum atomic E-state index is -1.72. The smallest absolute Gasteiger partial charge is 0.419 e. The van der Waals surface area contributed by atoms with Gasteiger partial charge in [-0.1, -0.05) is 18.2 Å². The van der Waals surface area contributed by atoms with Crippen molar-refractivity contribution >= 4 is 34.7 Å². The fourth-order valence-electron chi connectivity index (χ4n) is 3.60. The SMILES string of the molecule is O=C(CCCN1CCN(c2ccccc2)CC1)c1ccc2c(c1)OC(Cl)(Cl)O2. The minimum Gasteiger partial charge on any atom is -0.423 e. The predicted octanol–water partition coefficient (Wildman–Crippen LogP) is 4.33. The molecule has 5 nitrogen and oxygen atoms in total. The van der Waals surface area contributed by atoms with Crippen LogP contribution in [-0.2, 0) is 0 Å². The number of Topliss-reactive ketones (excluding diaryl/α,β-unsaturated/α-hetero) is 1. The number of anilines is 1. The largest absolute Gasteiger partial charge is 0.423 e. The van der Waals surface area contributed by atoms with E-state index >= 15 is 0 Å². The lowest BCUT2D eigenvalue weighted by molar-refractivity contribution is 0.0847. The fraction of sp³-hybridized carbons (Fsp3) is 0.381. The molecule has 0 N–H and O–H groups in total. The molecule has 0 amide bonds. The van der Waals surface area contributed by atoms with Gasteiger partial charge in [0.15, 0.2) is 17.3 Å². The van der Waals surface area contributed by atoms with E-state index in [1.54, 1.807) is 18.2 Å². The highest BCUT2D eigenvalue weighted by Crippen LogP contribution is 2.43. The normalized spacial score (nSPS) is 18.3. The number of nitrogens with zero attached hydrogens (tertiary/aromatic N) is 2. The van der Waals surface area contributed by atoms with Crippen LogP contribution in [0.4, 0.5) is 5.69 Å². The Kier molecular flexibility index (Phi) is 5.67. The van der Waals surface area contributed by atoms with Gasteiger partial charge in [0.1, 0.15) is 0 Å². The average molecular weight is 421 g/mol. The van der Waals surface area contributed by atoms with Gasteiger partial charge in [0, 0.05) is 43.9 Å². The van der Waals surface area contributed by atoms with Crippen LogP contribution in [0.2, 0.25) is 0 Å². The number of halogens is 2. The molecule has 0 bridgehead atoms. The zero-order valence-electron chi connectivity index (χ0n) is 15.4. The van der Waals surface area contributed by atoms with Crippen LogP contribution in [0.25, 0.3) is 0 Å². The van der Waals surface area contributed by atoms with E-state index in [1.807, 2.05) is 6.07 Å². The van der Waals surface area contributed by atoms with Crippen molar-refractivity contribution in [2.24, 2.45) is 0 Å². The van der Waals surface area contributed by atoms with Gasteiger partial charge in [0.2, 0.25) is 0 Å². The molecule has 2 aromatic rings. The Balaban J connectivity index is 1.23. The Morgan fingerprint density at radius 3 is 2.43 bits per heavy atom. The van der Waals surface area contributed by atoms with Crippen LogP contribution in [0.15, 0.2) is 48.5 Å². The van der Waals surface area contributed by atoms with E-state index in [0.29, 0.717) is 23.5 Å². The van der Waals surface area contributed by atoms with Crippen LogP contribution in [0.5, 0.6) is 11.5 Å². The molecule has 0 saturated carbocycles. The molecule has 2 heterocycles. The monoisotopic (exact) mass is 420 g/mol. The molecule has 2 aliphatic rings. The van der Waals surface area contributed by atoms with Crippen molar-refractivity contribution in [3.8, 4) is 11.5 Å². The maximum Gasteiger partial charge on any atom is 0.419 e. The van der Waals surface area contributed by atoms with Gasteiger partial charge in [0.05, 0.1) is 0 Å². The average Bonchev–Trinajstić information content (AvgIpc) is 3.02. The van der Waals surface area contributed by atoms with Crippen molar-refractivity contribution in [2.45, 2.75) is 17.5 Å². The third kappa shape index (κ3) is 4.54. The summed E-state index contributed by atoms with van der Waals surface area (Å²) in [6.45, 7) is 4.98. The number of alkyl halides is 2. The summed E-state index contributed by atoms with van der Waals surface area (Å²) in [6, 6.07) is 15.5. The van der Waals surface area contributed by atoms with Gasteiger partial charge < -0.3 is 14.4 Å². The lowest BCUT2D eigenvalue weighted by Gasteiger charge is -2.36. The summed E-state index contributed by atoms with van der Waals surface area (Å²) in [5.74, 6) is 0.918. The van der Waals surface area contributed by atoms with E-state index < -0.39 is 4.71 Å². The molecule has 0 aliphatic carbocycles. The molecule has 148 valence electrons. The zero-order valence-corrected chi connectivity index (χ0v) is 17.0. The molecule has 2 aliphatic heterocycles. The summed E-state index contributed by atoms with van der Waals surface area (Å²) in [7, 11) is 0. The second-order valence-electron chi connectivity index (χ2n) is 7.02. The molecule has 1 fully saturated rings. The Hall–Kier alpha value is -1.95. The molecular formula is C21H22Cl2N2O3. The number of hydrogen-bond acceptors (Lipinski definition) is 5. The molecule has 0 unspecified atom stereocenters. The topological polar surface area (TPSA) is 42.0 Å². The summed E-state index contributed by atoms with van der Waals surface area (Å²) >= 11 is 11.6. The Morgan fingerprint density at radius 1 is 0.964 bits per heavy atom. The maximum atomic E-state index is 12.5. The Bertz CT molecular complexity index is 837. The van der Waals surface area contributed by atoms with E-state index in [4.69, 9.17) is 32.7 Å². The van der Waals surface area contributed by atoms with E-state index in [0.717, 1.165) is 39.1 Å². The summed E-state index contributed by atoms with van der Waals surface area (Å²) in [5, 5.41) is 0. The second kappa shape index (κ2) is 8.19. The van der Waals surface area contributed by atoms with Gasteiger partial charge in [-0.05, 0) is 66.5 Å². The molecule has 0 aromatic heterocycles. The highest BCUT2D eigenvalue weighted by molar-refractivity contribution is 6.46. The standard InChI is InChI=1S/C21H22Cl2N2O3/c22-21(23)27-19-9-8-16(15-20(19)28-21)18(26)7-4-10-24-11-13-25(14-12-24)17-5-2-1-3-6-17/h1-3,5-6,8-9,15H,4,7,10-14H2. The summed E-state index contributed by atoms with van der Waals surface area (Å²) < 4.78 is 8.78. The van der Waals surface area contributed by atoms with Crippen LogP contribution in [0.1, 0.15) is 23.2 Å². The van der Waals surface area contributed by atoms with Crippen LogP contribution in [-0.4, -0.2) is 48.1 Å². The molecule has 7 heteroatoms. The molecular weight excluding hydrogens is 399 g/mol. The van der Waals surface area contributed by atoms with Crippen molar-refractivity contribution in [2.75, 3.05) is 37.6 Å². The maximum absolute atomic E-state index is 12.5. The van der Waals surface area contributed by atoms with Gasteiger partial charge in [0.25, 0.3) is 0 Å². The highest BCUT2D eigenvalue weighted by atomic mass is 35.5. The molecule has 4 rings (SSSR count). The van der Waals surface area contributed by atoms with Crippen LogP contribution in [0.3, 0.4) is 0 Å². The van der Waals surface area contributed by atoms with Crippen LogP contribution < -0.4 is 14.4 Å². The van der Waals surface area contributed by atoms with Gasteiger partial charge >= 0.3 is 4.71 Å². The Morgan fingerprint density at radius 2 is 1.68 bits per heavy atom. The van der Waals surface area contributed by atoms with Crippen molar-refractivity contribution in [3.05, 3.63) is 54.1 Å². The van der Waals surface area contributed by atoms with Crippen molar-refractivity contribution in [3.63, 3.8) is 0 Å². The molecule has 28 heavy (non-hydrogen) atoms. The van der Waals surface area contributed by atoms with E-state index in [9.17, 15) is 4.79 Å². The number of benzene rings is 2. The number of ketones is 1. The molecule has 2 aromatic carbocycles. The highest BCUT2D eigenvalue weighted by Gasteiger charge is 2.38. The van der Waals surface area contributed by atoms with E-state index in [2.05, 4.69) is 34.1 Å². The second-order valence-corrected chi connectivity index (χ2v) is 8.21. The van der Waals surface area contributed by atoms with Gasteiger partial charge in [-0.15, -0.1) is 0 Å². The molecule has 0 spiro atoms. The first kappa shape index (κ1) is 19.4. The number of para-hydroxylation sites is 1. The Labute approximate surface area is 174 Å². The van der Waals surface area contributed by atoms with Gasteiger partial charge in [-0.3, -0.25) is 9.69 Å². The summed E-state index contributed by atoms with van der Waals surface area (Å²) in [4.78, 5) is 17.3. The minimum absolute atomic E-state index is 0.0796. The number of carbonyl (C=O) groups excluding carboxylic acids is 1. The van der Waals surface area contributed by atoms with Crippen molar-refractivity contribution < 1.29 is 14.3 Å². The van der Waals surface area contributed by atoms with Crippen LogP contribution >= 0.6 is 23.2 Å². The molecule has 0 atom stereocenters. The molecule has 0 radical (unpaired) electrons. The first-order valence-corrected chi connectivity index (χ1v) is 10.2. The number of fused-ring (bicyclic) bond motifs is 1. The zero-order chi connectivity index (χ0) is 19.6. The number of rotatable bonds is 6. The first-order chi connectivity index (χ1) is 13.5. The quantitative estimate of drug-likeness (QED) is 0.513. The predicted molar refractivity (Wildman–Crippen MR) is 111 cm³/mol. The third-order valence-electron chi connectivity index (χ3n) is 5.10. The van der Waals surface area contributed by atoms with Crippen molar-refractivity contribution in [1.82, 2.24) is 4.90 Å². The number of piperazine rings is 1. The van der Waals surface area contributed by atoms with E-state index in [-0.39, 0.29) is 5.78 Å². The lowest BCUT2D eigenvalue weighted by atomic mass is 10.1. The van der Waals surface area contributed by atoms with Crippen molar-refractivity contribution in [1.29, 1.82) is 0 Å². The first-order valence-electron chi connectivity index (χ1n) is 9.46. The third-order valence-corrected chi connectivity index (χ3v) is 5.40. The van der Waals surface area contributed by atoms with Gasteiger partial charge in [-0.2, -0.15) is 0 Å². The fourth-order valence-corrected chi connectivity index (χ4v) is 3.93.